The van der Waals surface area contributed by atoms with E-state index in [2.05, 4.69) is 0 Å². The number of rotatable bonds is 5. The molecule has 2 aliphatic heterocycles. The molecule has 0 radical (unpaired) electrons. The van der Waals surface area contributed by atoms with Gasteiger partial charge < -0.3 is 24.4 Å². The number of epoxide rings is 2. The third kappa shape index (κ3) is 5.45. The highest BCUT2D eigenvalue weighted by Gasteiger charge is 2.26. The Bertz CT molecular complexity index is 693. The first-order valence-electron chi connectivity index (χ1n) is 9.27. The van der Waals surface area contributed by atoms with E-state index < -0.39 is 0 Å². The average molecular weight is 372 g/mol. The Balaban J connectivity index is 0.000000193. The van der Waals surface area contributed by atoms with Gasteiger partial charge >= 0.3 is 0 Å². The van der Waals surface area contributed by atoms with E-state index in [1.807, 2.05) is 27.7 Å². The van der Waals surface area contributed by atoms with Crippen molar-refractivity contribution in [2.45, 2.75) is 39.9 Å². The third-order valence-electron chi connectivity index (χ3n) is 4.70. The number of phenolic OH excluding ortho intramolecular Hbond substituents is 2. The highest BCUT2D eigenvalue weighted by atomic mass is 16.6. The van der Waals surface area contributed by atoms with E-state index in [-0.39, 0.29) is 0 Å². The highest BCUT2D eigenvalue weighted by Crippen LogP contribution is 2.36. The molecular formula is C22H28O5. The first-order chi connectivity index (χ1) is 12.8. The molecule has 0 bridgehead atoms. The van der Waals surface area contributed by atoms with Gasteiger partial charge in [-0.15, -0.1) is 0 Å². The Morgan fingerprint density at radius 2 is 1.04 bits per heavy atom. The molecular weight excluding hydrogens is 344 g/mol. The van der Waals surface area contributed by atoms with Gasteiger partial charge in [0.2, 0.25) is 0 Å². The SMILES string of the molecule is C(OCC1CO1)C1CO1.Cc1cc(O)cc(C)c1-c1c(C)cc(O)cc1C. The lowest BCUT2D eigenvalue weighted by Crippen LogP contribution is -2.06. The molecule has 2 aliphatic rings. The van der Waals surface area contributed by atoms with Crippen LogP contribution in [0.15, 0.2) is 24.3 Å². The van der Waals surface area contributed by atoms with E-state index in [1.165, 1.54) is 0 Å². The summed E-state index contributed by atoms with van der Waals surface area (Å²) in [7, 11) is 0. The van der Waals surface area contributed by atoms with E-state index >= 15 is 0 Å². The van der Waals surface area contributed by atoms with Crippen molar-refractivity contribution in [2.24, 2.45) is 0 Å². The Labute approximate surface area is 160 Å². The molecule has 0 aliphatic carbocycles. The maximum Gasteiger partial charge on any atom is 0.116 e. The Hall–Kier alpha value is -2.08. The van der Waals surface area contributed by atoms with Crippen molar-refractivity contribution < 1.29 is 24.4 Å². The van der Waals surface area contributed by atoms with Crippen LogP contribution in [0.4, 0.5) is 0 Å². The second-order valence-corrected chi connectivity index (χ2v) is 7.36. The van der Waals surface area contributed by atoms with Gasteiger partial charge in [-0.1, -0.05) is 0 Å². The first-order valence-corrected chi connectivity index (χ1v) is 9.27. The van der Waals surface area contributed by atoms with Gasteiger partial charge in [0.05, 0.1) is 26.4 Å². The fourth-order valence-electron chi connectivity index (χ4n) is 3.33. The lowest BCUT2D eigenvalue weighted by Gasteiger charge is -2.16. The maximum atomic E-state index is 9.61. The summed E-state index contributed by atoms with van der Waals surface area (Å²) in [6.45, 7) is 11.2. The van der Waals surface area contributed by atoms with E-state index in [0.717, 1.165) is 59.8 Å². The van der Waals surface area contributed by atoms with E-state index in [0.29, 0.717) is 23.7 Å². The monoisotopic (exact) mass is 372 g/mol. The van der Waals surface area contributed by atoms with Crippen LogP contribution in [0.25, 0.3) is 11.1 Å². The van der Waals surface area contributed by atoms with E-state index in [4.69, 9.17) is 14.2 Å². The quantitative estimate of drug-likeness (QED) is 0.781. The van der Waals surface area contributed by atoms with Crippen molar-refractivity contribution in [3.63, 3.8) is 0 Å². The summed E-state index contributed by atoms with van der Waals surface area (Å²) >= 11 is 0. The number of aryl methyl sites for hydroxylation is 4. The van der Waals surface area contributed by atoms with Crippen molar-refractivity contribution in [3.8, 4) is 22.6 Å². The predicted molar refractivity (Wildman–Crippen MR) is 104 cm³/mol. The van der Waals surface area contributed by atoms with Gasteiger partial charge in [-0.25, -0.2) is 0 Å². The van der Waals surface area contributed by atoms with Crippen LogP contribution in [0.2, 0.25) is 0 Å². The van der Waals surface area contributed by atoms with Crippen LogP contribution in [-0.4, -0.2) is 48.8 Å². The van der Waals surface area contributed by atoms with Crippen LogP contribution in [0.5, 0.6) is 11.5 Å². The smallest absolute Gasteiger partial charge is 0.116 e. The second-order valence-electron chi connectivity index (χ2n) is 7.36. The van der Waals surface area contributed by atoms with Crippen molar-refractivity contribution in [2.75, 3.05) is 26.4 Å². The molecule has 2 heterocycles. The molecule has 0 amide bonds. The number of ether oxygens (including phenoxy) is 3. The fourth-order valence-corrected chi connectivity index (χ4v) is 3.33. The van der Waals surface area contributed by atoms with Gasteiger partial charge in [0.25, 0.3) is 0 Å². The minimum atomic E-state index is 0.294. The lowest BCUT2D eigenvalue weighted by atomic mass is 9.89. The number of benzene rings is 2. The molecule has 0 spiro atoms. The zero-order valence-electron chi connectivity index (χ0n) is 16.4. The van der Waals surface area contributed by atoms with Crippen LogP contribution < -0.4 is 0 Å². The minimum Gasteiger partial charge on any atom is -0.508 e. The largest absolute Gasteiger partial charge is 0.508 e. The van der Waals surface area contributed by atoms with Crippen LogP contribution in [0, 0.1) is 27.7 Å². The predicted octanol–water partition coefficient (Wildman–Crippen LogP) is 3.80. The summed E-state index contributed by atoms with van der Waals surface area (Å²) in [5.74, 6) is 0.589. The standard InChI is InChI=1S/C16H18O2.C6H10O3/c1-9-5-13(17)6-10(2)15(9)16-11(3)7-14(18)8-12(16)4;1(5-3-8-5)7-2-6-4-9-6/h5-8,17-18H,1-4H3;5-6H,1-4H2. The van der Waals surface area contributed by atoms with Crippen molar-refractivity contribution in [3.05, 3.63) is 46.5 Å². The lowest BCUT2D eigenvalue weighted by molar-refractivity contribution is 0.102. The summed E-state index contributed by atoms with van der Waals surface area (Å²) in [5, 5.41) is 19.2. The fraction of sp³-hybridized carbons (Fsp3) is 0.455. The van der Waals surface area contributed by atoms with Gasteiger partial charge in [0, 0.05) is 0 Å². The molecule has 0 saturated carbocycles. The van der Waals surface area contributed by atoms with Crippen LogP contribution in [0.1, 0.15) is 22.3 Å². The number of aromatic hydroxyl groups is 2. The normalized spacial score (nSPS) is 20.0. The van der Waals surface area contributed by atoms with Crippen molar-refractivity contribution in [1.82, 2.24) is 0 Å². The Morgan fingerprint density at radius 1 is 0.741 bits per heavy atom. The summed E-state index contributed by atoms with van der Waals surface area (Å²) < 4.78 is 15.1. The molecule has 146 valence electrons. The zero-order chi connectivity index (χ0) is 19.6. The minimum absolute atomic E-state index is 0.294. The number of hydrogen-bond acceptors (Lipinski definition) is 5. The van der Waals surface area contributed by atoms with Gasteiger partial charge in [0.15, 0.2) is 0 Å². The van der Waals surface area contributed by atoms with Crippen molar-refractivity contribution in [1.29, 1.82) is 0 Å². The van der Waals surface area contributed by atoms with Gasteiger partial charge in [-0.3, -0.25) is 0 Å². The average Bonchev–Trinajstić information content (AvgIpc) is 3.44. The molecule has 2 fully saturated rings. The molecule has 2 saturated heterocycles. The molecule has 2 aromatic carbocycles. The Kier molecular flexibility index (Phi) is 6.05. The summed E-state index contributed by atoms with van der Waals surface area (Å²) in [4.78, 5) is 0. The van der Waals surface area contributed by atoms with Gasteiger partial charge in [0.1, 0.15) is 23.7 Å². The first kappa shape index (κ1) is 19.7. The highest BCUT2D eigenvalue weighted by molar-refractivity contribution is 5.77. The topological polar surface area (TPSA) is 74.8 Å². The molecule has 2 aromatic rings. The van der Waals surface area contributed by atoms with Crippen molar-refractivity contribution >= 4 is 0 Å². The van der Waals surface area contributed by atoms with Gasteiger partial charge in [-0.2, -0.15) is 0 Å². The molecule has 5 nitrogen and oxygen atoms in total. The summed E-state index contributed by atoms with van der Waals surface area (Å²) in [5.41, 5.74) is 6.47. The Morgan fingerprint density at radius 3 is 1.30 bits per heavy atom. The molecule has 4 rings (SSSR count). The third-order valence-corrected chi connectivity index (χ3v) is 4.70. The van der Waals surface area contributed by atoms with Crippen LogP contribution >= 0.6 is 0 Å². The van der Waals surface area contributed by atoms with E-state index in [9.17, 15) is 10.2 Å². The molecule has 2 unspecified atom stereocenters. The number of phenols is 2. The summed E-state index contributed by atoms with van der Waals surface area (Å²) in [6, 6.07) is 7.09. The second kappa shape index (κ2) is 8.30. The summed E-state index contributed by atoms with van der Waals surface area (Å²) in [6.07, 6.45) is 0.785. The molecule has 2 N–H and O–H groups in total. The molecule has 0 aromatic heterocycles. The van der Waals surface area contributed by atoms with Crippen LogP contribution in [0.3, 0.4) is 0 Å². The van der Waals surface area contributed by atoms with Crippen LogP contribution in [-0.2, 0) is 14.2 Å². The molecule has 27 heavy (non-hydrogen) atoms. The number of hydrogen-bond donors (Lipinski definition) is 2. The molecule has 2 atom stereocenters. The molecule has 5 heteroatoms. The zero-order valence-corrected chi connectivity index (χ0v) is 16.4. The van der Waals surface area contributed by atoms with E-state index in [1.54, 1.807) is 24.3 Å². The maximum absolute atomic E-state index is 9.61. The van der Waals surface area contributed by atoms with Gasteiger partial charge in [-0.05, 0) is 85.3 Å².